The molecule has 1 N–H and O–H groups in total. The average molecular weight is 725 g/mol. The van der Waals surface area contributed by atoms with Crippen molar-refractivity contribution < 1.29 is 37.9 Å². The van der Waals surface area contributed by atoms with Gasteiger partial charge in [-0.25, -0.2) is 0 Å². The number of hydrogen-bond donors (Lipinski definition) is 1. The highest BCUT2D eigenvalue weighted by Gasteiger charge is 2.67. The number of benzene rings is 3. The number of aromatic nitrogens is 1. The Bertz CT molecular complexity index is 2100. The third kappa shape index (κ3) is 5.43. The summed E-state index contributed by atoms with van der Waals surface area (Å²) in [5, 5.41) is 18.6. The van der Waals surface area contributed by atoms with Crippen LogP contribution in [-0.4, -0.2) is 68.6 Å². The maximum absolute atomic E-state index is 15.4. The van der Waals surface area contributed by atoms with Gasteiger partial charge in [-0.2, -0.15) is 0 Å². The highest BCUT2D eigenvalue weighted by atomic mass is 28.4. The Balaban J connectivity index is 1.46. The van der Waals surface area contributed by atoms with Crippen LogP contribution in [0.1, 0.15) is 76.4 Å². The number of Topliss-reactive ketones (excluding diaryl/α,β-unsaturated/α-hetero) is 2. The van der Waals surface area contributed by atoms with Crippen LogP contribution in [0.15, 0.2) is 70.5 Å². The molecule has 274 valence electrons. The molecule has 1 heterocycles. The SMILES string of the molecule is COCOc1c2c(c(C)c3ccccc13)C(=O)C1=C(O)[C@]3(O[Si](C)(C)C(C)(C)C)C(=O)c4c(OCc5ccccc5)noc4[C@@H](N(C)C)[C@@H]3C[C@@H]1C2. The first-order valence-corrected chi connectivity index (χ1v) is 20.8. The van der Waals surface area contributed by atoms with Crippen molar-refractivity contribution in [1.29, 1.82) is 0 Å². The molecule has 10 nitrogen and oxygen atoms in total. The van der Waals surface area contributed by atoms with Crippen LogP contribution < -0.4 is 9.47 Å². The van der Waals surface area contributed by atoms with Gasteiger partial charge in [0.25, 0.3) is 5.88 Å². The molecule has 0 aliphatic heterocycles. The average Bonchev–Trinajstić information content (AvgIpc) is 3.51. The van der Waals surface area contributed by atoms with E-state index >= 15 is 9.59 Å². The molecule has 0 bridgehead atoms. The molecule has 3 aromatic carbocycles. The van der Waals surface area contributed by atoms with Crippen molar-refractivity contribution in [3.63, 3.8) is 0 Å². The minimum absolute atomic E-state index is 0.0124. The molecule has 0 spiro atoms. The number of carbonyl (C=O) groups excluding carboxylic acids is 2. The lowest BCUT2D eigenvalue weighted by molar-refractivity contribution is -0.0481. The zero-order chi connectivity index (χ0) is 37.3. The van der Waals surface area contributed by atoms with Gasteiger partial charge in [-0.15, -0.1) is 0 Å². The minimum atomic E-state index is -2.84. The molecule has 0 amide bonds. The van der Waals surface area contributed by atoms with Crippen molar-refractivity contribution in [2.45, 2.75) is 76.9 Å². The van der Waals surface area contributed by atoms with Crippen molar-refractivity contribution in [3.05, 3.63) is 99.5 Å². The van der Waals surface area contributed by atoms with Gasteiger partial charge in [0.2, 0.25) is 5.78 Å². The van der Waals surface area contributed by atoms with Gasteiger partial charge in [0.1, 0.15) is 23.7 Å². The number of aliphatic hydroxyl groups is 1. The molecular weight excluding hydrogens is 677 g/mol. The minimum Gasteiger partial charge on any atom is -0.508 e. The summed E-state index contributed by atoms with van der Waals surface area (Å²) in [7, 11) is 2.55. The second-order valence-corrected chi connectivity index (χ2v) is 20.8. The van der Waals surface area contributed by atoms with Gasteiger partial charge in [0.05, 0.1) is 6.04 Å². The first-order chi connectivity index (χ1) is 24.6. The van der Waals surface area contributed by atoms with Gasteiger partial charge in [-0.1, -0.05) is 75.4 Å². The number of methoxy groups -OCH3 is 1. The van der Waals surface area contributed by atoms with Crippen LogP contribution in [0.3, 0.4) is 0 Å². The number of carbonyl (C=O) groups is 2. The first kappa shape index (κ1) is 36.1. The number of aryl methyl sites for hydroxylation is 1. The molecule has 3 aliphatic carbocycles. The highest BCUT2D eigenvalue weighted by molar-refractivity contribution is 6.74. The standard InChI is InChI=1S/C41H48N2O8Si/c1-23-26-17-13-14-18-27(26)35(49-22-47-7)28-19-25-20-29-33(43(5)6)36-32(39(42-50-36)48-21-24-15-11-10-12-16-24)38(46)41(29,51-52(8,9)40(2,3)4)37(45)31(25)34(44)30(23)28/h10-18,25,29,33,45H,19-22H2,1-9H3/t25-,29-,33-,41-/m0/s1. The Morgan fingerprint density at radius 3 is 2.33 bits per heavy atom. The van der Waals surface area contributed by atoms with Crippen LogP contribution in [0.4, 0.5) is 0 Å². The summed E-state index contributed by atoms with van der Waals surface area (Å²) in [6.07, 6.45) is 0.782. The van der Waals surface area contributed by atoms with Gasteiger partial charge in [-0.3, -0.25) is 14.5 Å². The van der Waals surface area contributed by atoms with Crippen LogP contribution in [0.2, 0.25) is 18.1 Å². The van der Waals surface area contributed by atoms with E-state index in [1.54, 1.807) is 7.11 Å². The summed E-state index contributed by atoms with van der Waals surface area (Å²) in [6, 6.07) is 16.9. The molecule has 52 heavy (non-hydrogen) atoms. The largest absolute Gasteiger partial charge is 0.508 e. The van der Waals surface area contributed by atoms with E-state index in [0.717, 1.165) is 27.5 Å². The summed E-state index contributed by atoms with van der Waals surface area (Å²) in [5.74, 6) is -1.20. The lowest BCUT2D eigenvalue weighted by atomic mass is 9.58. The Hall–Kier alpha value is -4.29. The summed E-state index contributed by atoms with van der Waals surface area (Å²) in [6.45, 7) is 12.5. The van der Waals surface area contributed by atoms with Crippen LogP contribution in [0.5, 0.6) is 11.6 Å². The quantitative estimate of drug-likeness (QED) is 0.134. The summed E-state index contributed by atoms with van der Waals surface area (Å²) < 4.78 is 31.0. The van der Waals surface area contributed by atoms with Crippen molar-refractivity contribution in [2.75, 3.05) is 28.0 Å². The maximum atomic E-state index is 15.4. The van der Waals surface area contributed by atoms with E-state index in [2.05, 4.69) is 39.0 Å². The van der Waals surface area contributed by atoms with Crippen molar-refractivity contribution in [1.82, 2.24) is 10.1 Å². The van der Waals surface area contributed by atoms with Crippen molar-refractivity contribution in [3.8, 4) is 11.6 Å². The fourth-order valence-electron chi connectivity index (χ4n) is 8.29. The van der Waals surface area contributed by atoms with Crippen LogP contribution in [-0.2, 0) is 22.2 Å². The number of rotatable bonds is 9. The zero-order valence-corrected chi connectivity index (χ0v) is 32.5. The number of nitrogens with zero attached hydrogens (tertiary/aromatic N) is 2. The predicted octanol–water partition coefficient (Wildman–Crippen LogP) is 8.14. The number of aliphatic hydroxyl groups excluding tert-OH is 1. The van der Waals surface area contributed by atoms with E-state index < -0.39 is 37.6 Å². The number of ether oxygens (including phenoxy) is 3. The molecule has 0 saturated carbocycles. The molecule has 0 unspecified atom stereocenters. The molecule has 1 aromatic heterocycles. The number of fused-ring (bicyclic) bond motifs is 5. The Morgan fingerprint density at radius 1 is 1.00 bits per heavy atom. The van der Waals surface area contributed by atoms with E-state index in [0.29, 0.717) is 29.9 Å². The lowest BCUT2D eigenvalue weighted by Crippen LogP contribution is -2.65. The smallest absolute Gasteiger partial charge is 0.265 e. The van der Waals surface area contributed by atoms with Crippen molar-refractivity contribution in [2.24, 2.45) is 11.8 Å². The number of ketones is 2. The maximum Gasteiger partial charge on any atom is 0.265 e. The molecule has 4 atom stereocenters. The van der Waals surface area contributed by atoms with E-state index in [1.165, 1.54) is 0 Å². The van der Waals surface area contributed by atoms with Crippen LogP contribution in [0.25, 0.3) is 10.8 Å². The summed E-state index contributed by atoms with van der Waals surface area (Å²) in [4.78, 5) is 32.5. The molecule has 7 rings (SSSR count). The van der Waals surface area contributed by atoms with Crippen LogP contribution in [0, 0.1) is 18.8 Å². The van der Waals surface area contributed by atoms with E-state index in [9.17, 15) is 5.11 Å². The molecule has 0 radical (unpaired) electrons. The van der Waals surface area contributed by atoms with Crippen molar-refractivity contribution >= 4 is 30.7 Å². The second kappa shape index (κ2) is 13.0. The molecular formula is C41H48N2O8Si. The van der Waals surface area contributed by atoms with Gasteiger partial charge in [-0.05, 0) is 79.6 Å². The molecule has 3 aliphatic rings. The number of hydrogen-bond acceptors (Lipinski definition) is 10. The monoisotopic (exact) mass is 724 g/mol. The Kier molecular flexibility index (Phi) is 9.01. The topological polar surface area (TPSA) is 121 Å². The first-order valence-electron chi connectivity index (χ1n) is 17.9. The molecule has 0 fully saturated rings. The van der Waals surface area contributed by atoms with Gasteiger partial charge in [0.15, 0.2) is 32.3 Å². The van der Waals surface area contributed by atoms with E-state index in [4.69, 9.17) is 23.2 Å². The summed E-state index contributed by atoms with van der Waals surface area (Å²) >= 11 is 0. The normalized spacial score (nSPS) is 23.0. The third-order valence-corrected chi connectivity index (χ3v) is 16.2. The number of allylic oxidation sites excluding steroid dienone is 1. The third-order valence-electron chi connectivity index (χ3n) is 11.7. The Morgan fingerprint density at radius 2 is 1.67 bits per heavy atom. The molecule has 4 aromatic rings. The lowest BCUT2D eigenvalue weighted by Gasteiger charge is -2.55. The Labute approximate surface area is 305 Å². The van der Waals surface area contributed by atoms with Gasteiger partial charge in [0, 0.05) is 35.1 Å². The fraction of sp³-hybridized carbons (Fsp3) is 0.439. The fourth-order valence-corrected chi connectivity index (χ4v) is 9.74. The van der Waals surface area contributed by atoms with Gasteiger partial charge >= 0.3 is 0 Å². The van der Waals surface area contributed by atoms with E-state index in [1.807, 2.05) is 80.5 Å². The highest BCUT2D eigenvalue weighted by Crippen LogP contribution is 2.60. The predicted molar refractivity (Wildman–Crippen MR) is 200 cm³/mol. The molecule has 0 saturated heterocycles. The summed E-state index contributed by atoms with van der Waals surface area (Å²) in [5.41, 5.74) is 1.41. The van der Waals surface area contributed by atoms with E-state index in [-0.39, 0.29) is 47.0 Å². The van der Waals surface area contributed by atoms with Crippen LogP contribution >= 0.6 is 0 Å². The van der Waals surface area contributed by atoms with Gasteiger partial charge < -0.3 is 28.3 Å². The second-order valence-electron chi connectivity index (χ2n) is 16.1. The molecule has 11 heteroatoms. The zero-order valence-electron chi connectivity index (χ0n) is 31.5.